The first kappa shape index (κ1) is 18.4. The predicted octanol–water partition coefficient (Wildman–Crippen LogP) is 1.69. The molecule has 1 saturated heterocycles. The van der Waals surface area contributed by atoms with Crippen LogP contribution in [-0.4, -0.2) is 43.8 Å². The summed E-state index contributed by atoms with van der Waals surface area (Å²) in [6, 6.07) is 10.5. The van der Waals surface area contributed by atoms with Crippen LogP contribution in [0.5, 0.6) is 0 Å². The lowest BCUT2D eigenvalue weighted by molar-refractivity contribution is 0.0945. The molecule has 2 aromatic heterocycles. The lowest BCUT2D eigenvalue weighted by Crippen LogP contribution is -2.30. The Morgan fingerprint density at radius 3 is 2.79 bits per heavy atom. The SMILES string of the molecule is Cc1c(C(=O)NCc2cnn(Cc3ccccc3)c2)nnn1C1CCNCC1. The highest BCUT2D eigenvalue weighted by molar-refractivity contribution is 5.93. The molecule has 1 fully saturated rings. The summed E-state index contributed by atoms with van der Waals surface area (Å²) in [5.74, 6) is -0.200. The summed E-state index contributed by atoms with van der Waals surface area (Å²) >= 11 is 0. The number of carbonyl (C=O) groups is 1. The second kappa shape index (κ2) is 8.35. The first-order valence-corrected chi connectivity index (χ1v) is 9.66. The van der Waals surface area contributed by atoms with Crippen molar-refractivity contribution in [2.24, 2.45) is 0 Å². The second-order valence-corrected chi connectivity index (χ2v) is 7.16. The molecular weight excluding hydrogens is 354 g/mol. The molecule has 1 amide bonds. The zero-order valence-corrected chi connectivity index (χ0v) is 16.0. The highest BCUT2D eigenvalue weighted by atomic mass is 16.2. The van der Waals surface area contributed by atoms with Crippen LogP contribution in [-0.2, 0) is 13.1 Å². The molecule has 146 valence electrons. The van der Waals surface area contributed by atoms with Gasteiger partial charge < -0.3 is 10.6 Å². The zero-order valence-electron chi connectivity index (χ0n) is 16.0. The van der Waals surface area contributed by atoms with Crippen molar-refractivity contribution in [2.75, 3.05) is 13.1 Å². The van der Waals surface area contributed by atoms with E-state index in [0.717, 1.165) is 37.2 Å². The predicted molar refractivity (Wildman–Crippen MR) is 105 cm³/mol. The molecule has 0 spiro atoms. The van der Waals surface area contributed by atoms with E-state index in [1.807, 2.05) is 40.7 Å². The highest BCUT2D eigenvalue weighted by Gasteiger charge is 2.22. The molecule has 0 radical (unpaired) electrons. The standard InChI is InChI=1S/C20H25N7O/c1-15-19(24-25-27(15)18-7-9-21-10-8-18)20(28)22-11-17-12-23-26(14-17)13-16-5-3-2-4-6-16/h2-6,12,14,18,21H,7-11,13H2,1H3,(H,22,28). The van der Waals surface area contributed by atoms with Crippen molar-refractivity contribution < 1.29 is 4.79 Å². The normalized spacial score (nSPS) is 14.9. The minimum Gasteiger partial charge on any atom is -0.346 e. The number of nitrogens with zero attached hydrogens (tertiary/aromatic N) is 5. The van der Waals surface area contributed by atoms with Gasteiger partial charge in [-0.05, 0) is 38.4 Å². The number of piperidine rings is 1. The van der Waals surface area contributed by atoms with Crippen molar-refractivity contribution in [1.82, 2.24) is 35.4 Å². The monoisotopic (exact) mass is 379 g/mol. The van der Waals surface area contributed by atoms with Gasteiger partial charge in [-0.15, -0.1) is 5.10 Å². The molecular formula is C20H25N7O. The molecule has 0 atom stereocenters. The van der Waals surface area contributed by atoms with Gasteiger partial charge in [-0.25, -0.2) is 4.68 Å². The molecule has 0 bridgehead atoms. The molecule has 1 aliphatic rings. The Kier molecular flexibility index (Phi) is 5.48. The first-order chi connectivity index (χ1) is 13.7. The van der Waals surface area contributed by atoms with Gasteiger partial charge in [0.2, 0.25) is 0 Å². The van der Waals surface area contributed by atoms with Crippen LogP contribution in [0.2, 0.25) is 0 Å². The molecule has 4 rings (SSSR count). The molecule has 8 heteroatoms. The first-order valence-electron chi connectivity index (χ1n) is 9.66. The lowest BCUT2D eigenvalue weighted by atomic mass is 10.1. The van der Waals surface area contributed by atoms with Gasteiger partial charge in [-0.1, -0.05) is 35.5 Å². The number of hydrogen-bond donors (Lipinski definition) is 2. The van der Waals surface area contributed by atoms with Gasteiger partial charge in [0.1, 0.15) is 0 Å². The van der Waals surface area contributed by atoms with Crippen LogP contribution in [0.4, 0.5) is 0 Å². The van der Waals surface area contributed by atoms with Gasteiger partial charge in [-0.2, -0.15) is 5.10 Å². The minimum atomic E-state index is -0.200. The summed E-state index contributed by atoms with van der Waals surface area (Å²) in [6.07, 6.45) is 5.74. The Balaban J connectivity index is 1.35. The fourth-order valence-corrected chi connectivity index (χ4v) is 3.57. The summed E-state index contributed by atoms with van der Waals surface area (Å²) in [5.41, 5.74) is 3.36. The Labute approximate surface area is 163 Å². The van der Waals surface area contributed by atoms with E-state index in [0.29, 0.717) is 24.8 Å². The molecule has 3 heterocycles. The maximum absolute atomic E-state index is 12.6. The third-order valence-electron chi connectivity index (χ3n) is 5.12. The van der Waals surface area contributed by atoms with E-state index in [1.54, 1.807) is 6.20 Å². The molecule has 8 nitrogen and oxygen atoms in total. The number of amides is 1. The van der Waals surface area contributed by atoms with Crippen LogP contribution in [0.3, 0.4) is 0 Å². The molecule has 2 N–H and O–H groups in total. The van der Waals surface area contributed by atoms with Crippen molar-refractivity contribution in [3.63, 3.8) is 0 Å². The van der Waals surface area contributed by atoms with Gasteiger partial charge in [0.05, 0.1) is 24.5 Å². The summed E-state index contributed by atoms with van der Waals surface area (Å²) in [6.45, 7) is 4.97. The number of hydrogen-bond acceptors (Lipinski definition) is 5. The molecule has 0 saturated carbocycles. The van der Waals surface area contributed by atoms with E-state index < -0.39 is 0 Å². The number of rotatable bonds is 6. The smallest absolute Gasteiger partial charge is 0.274 e. The van der Waals surface area contributed by atoms with Crippen LogP contribution in [0.15, 0.2) is 42.7 Å². The van der Waals surface area contributed by atoms with Gasteiger partial charge >= 0.3 is 0 Å². The Morgan fingerprint density at radius 1 is 1.21 bits per heavy atom. The quantitative estimate of drug-likeness (QED) is 0.680. The van der Waals surface area contributed by atoms with E-state index >= 15 is 0 Å². The second-order valence-electron chi connectivity index (χ2n) is 7.16. The Bertz CT molecular complexity index is 925. The van der Waals surface area contributed by atoms with Crippen molar-refractivity contribution in [1.29, 1.82) is 0 Å². The van der Waals surface area contributed by atoms with Crippen LogP contribution < -0.4 is 10.6 Å². The lowest BCUT2D eigenvalue weighted by Gasteiger charge is -2.23. The molecule has 1 aromatic carbocycles. The van der Waals surface area contributed by atoms with Crippen molar-refractivity contribution in [3.05, 3.63) is 65.2 Å². The molecule has 0 aliphatic carbocycles. The van der Waals surface area contributed by atoms with E-state index in [2.05, 4.69) is 38.2 Å². The number of nitrogens with one attached hydrogen (secondary N) is 2. The van der Waals surface area contributed by atoms with E-state index in [9.17, 15) is 4.79 Å². The summed E-state index contributed by atoms with van der Waals surface area (Å²) < 4.78 is 3.77. The van der Waals surface area contributed by atoms with E-state index in [1.165, 1.54) is 5.56 Å². The summed E-state index contributed by atoms with van der Waals surface area (Å²) in [4.78, 5) is 12.6. The van der Waals surface area contributed by atoms with Crippen molar-refractivity contribution in [2.45, 2.75) is 38.9 Å². The van der Waals surface area contributed by atoms with Crippen LogP contribution >= 0.6 is 0 Å². The van der Waals surface area contributed by atoms with E-state index in [-0.39, 0.29) is 5.91 Å². The van der Waals surface area contributed by atoms with Crippen molar-refractivity contribution >= 4 is 5.91 Å². The average Bonchev–Trinajstić information content (AvgIpc) is 3.34. The maximum atomic E-state index is 12.6. The summed E-state index contributed by atoms with van der Waals surface area (Å²) in [7, 11) is 0. The molecule has 0 unspecified atom stereocenters. The largest absolute Gasteiger partial charge is 0.346 e. The van der Waals surface area contributed by atoms with Crippen LogP contribution in [0, 0.1) is 6.92 Å². The van der Waals surface area contributed by atoms with Gasteiger partial charge in [0, 0.05) is 18.3 Å². The number of benzene rings is 1. The summed E-state index contributed by atoms with van der Waals surface area (Å²) in [5, 5.41) is 19.0. The van der Waals surface area contributed by atoms with Gasteiger partial charge in [0.15, 0.2) is 5.69 Å². The average molecular weight is 379 g/mol. The van der Waals surface area contributed by atoms with Crippen LogP contribution in [0.25, 0.3) is 0 Å². The Hall–Kier alpha value is -3.00. The van der Waals surface area contributed by atoms with Crippen LogP contribution in [0.1, 0.15) is 46.2 Å². The van der Waals surface area contributed by atoms with Crippen molar-refractivity contribution in [3.8, 4) is 0 Å². The highest BCUT2D eigenvalue weighted by Crippen LogP contribution is 2.20. The number of carbonyl (C=O) groups excluding carboxylic acids is 1. The molecule has 3 aromatic rings. The number of aromatic nitrogens is 5. The fraction of sp³-hybridized carbons (Fsp3) is 0.400. The zero-order chi connectivity index (χ0) is 19.3. The third-order valence-corrected chi connectivity index (χ3v) is 5.12. The fourth-order valence-electron chi connectivity index (χ4n) is 3.57. The minimum absolute atomic E-state index is 0.200. The topological polar surface area (TPSA) is 89.7 Å². The molecule has 1 aliphatic heterocycles. The van der Waals surface area contributed by atoms with Gasteiger partial charge in [0.25, 0.3) is 5.91 Å². The molecule has 28 heavy (non-hydrogen) atoms. The third kappa shape index (κ3) is 4.12. The maximum Gasteiger partial charge on any atom is 0.274 e. The van der Waals surface area contributed by atoms with Gasteiger partial charge in [-0.3, -0.25) is 9.48 Å². The Morgan fingerprint density at radius 2 is 2.00 bits per heavy atom. The van der Waals surface area contributed by atoms with E-state index in [4.69, 9.17) is 0 Å².